The summed E-state index contributed by atoms with van der Waals surface area (Å²) in [6.45, 7) is 5.93. The van der Waals surface area contributed by atoms with Crippen LogP contribution in [0, 0.1) is 0 Å². The Morgan fingerprint density at radius 1 is 1.03 bits per heavy atom. The maximum Gasteiger partial charge on any atom is 0.312 e. The van der Waals surface area contributed by atoms with Crippen molar-refractivity contribution in [2.24, 2.45) is 0 Å². The summed E-state index contributed by atoms with van der Waals surface area (Å²) in [4.78, 5) is 53.7. The SMILES string of the molecule is CCc1cc(=O)[nH]c(-c2ccc(N3CCN(C(=O)C(=O)N4CCOCC4)CC3)nc2)n1. The number of nitrogens with zero attached hydrogens (tertiary/aromatic N) is 5. The molecular weight excluding hydrogens is 400 g/mol. The summed E-state index contributed by atoms with van der Waals surface area (Å²) in [7, 11) is 0. The number of hydrogen-bond acceptors (Lipinski definition) is 7. The van der Waals surface area contributed by atoms with Crippen LogP contribution in [0.3, 0.4) is 0 Å². The molecule has 0 aliphatic carbocycles. The number of anilines is 1. The van der Waals surface area contributed by atoms with Gasteiger partial charge in [0.1, 0.15) is 11.6 Å². The minimum Gasteiger partial charge on any atom is -0.378 e. The fraction of sp³-hybridized carbons (Fsp3) is 0.476. The van der Waals surface area contributed by atoms with Crippen LogP contribution < -0.4 is 10.5 Å². The highest BCUT2D eigenvalue weighted by Gasteiger charge is 2.30. The van der Waals surface area contributed by atoms with Gasteiger partial charge in [0.15, 0.2) is 0 Å². The van der Waals surface area contributed by atoms with Crippen molar-refractivity contribution in [1.82, 2.24) is 24.8 Å². The molecular formula is C21H26N6O4. The summed E-state index contributed by atoms with van der Waals surface area (Å²) in [5, 5.41) is 0. The number of amides is 2. The first-order valence-electron chi connectivity index (χ1n) is 10.5. The van der Waals surface area contributed by atoms with Gasteiger partial charge in [-0.2, -0.15) is 0 Å². The summed E-state index contributed by atoms with van der Waals surface area (Å²) in [6, 6.07) is 5.25. The second-order valence-corrected chi connectivity index (χ2v) is 7.53. The number of aryl methyl sites for hydroxylation is 1. The lowest BCUT2D eigenvalue weighted by molar-refractivity contribution is -0.154. The Bertz CT molecular complexity index is 992. The van der Waals surface area contributed by atoms with Gasteiger partial charge in [0.05, 0.1) is 13.2 Å². The Morgan fingerprint density at radius 3 is 2.32 bits per heavy atom. The van der Waals surface area contributed by atoms with Crippen molar-refractivity contribution in [3.05, 3.63) is 40.4 Å². The van der Waals surface area contributed by atoms with Crippen molar-refractivity contribution >= 4 is 17.6 Å². The lowest BCUT2D eigenvalue weighted by Crippen LogP contribution is -2.54. The average molecular weight is 426 g/mol. The van der Waals surface area contributed by atoms with E-state index in [-0.39, 0.29) is 5.56 Å². The van der Waals surface area contributed by atoms with Crippen molar-refractivity contribution in [3.8, 4) is 11.4 Å². The molecule has 0 bridgehead atoms. The molecule has 2 aliphatic rings. The molecule has 1 N–H and O–H groups in total. The van der Waals surface area contributed by atoms with Crippen LogP contribution in [0.15, 0.2) is 29.2 Å². The molecule has 2 aromatic rings. The third kappa shape index (κ3) is 4.74. The van der Waals surface area contributed by atoms with Gasteiger partial charge >= 0.3 is 11.8 Å². The fourth-order valence-electron chi connectivity index (χ4n) is 3.71. The fourth-order valence-corrected chi connectivity index (χ4v) is 3.71. The quantitative estimate of drug-likeness (QED) is 0.682. The van der Waals surface area contributed by atoms with Crippen LogP contribution in [0.25, 0.3) is 11.4 Å². The number of piperazine rings is 1. The number of rotatable bonds is 3. The lowest BCUT2D eigenvalue weighted by Gasteiger charge is -2.36. The second-order valence-electron chi connectivity index (χ2n) is 7.53. The number of morpholine rings is 1. The van der Waals surface area contributed by atoms with E-state index < -0.39 is 11.8 Å². The minimum absolute atomic E-state index is 0.182. The van der Waals surface area contributed by atoms with E-state index in [0.29, 0.717) is 64.7 Å². The summed E-state index contributed by atoms with van der Waals surface area (Å²) in [6.07, 6.45) is 2.37. The molecule has 2 fully saturated rings. The first-order chi connectivity index (χ1) is 15.0. The monoisotopic (exact) mass is 426 g/mol. The predicted molar refractivity (Wildman–Crippen MR) is 114 cm³/mol. The summed E-state index contributed by atoms with van der Waals surface area (Å²) in [5.41, 5.74) is 1.29. The van der Waals surface area contributed by atoms with E-state index in [1.54, 1.807) is 16.0 Å². The van der Waals surface area contributed by atoms with Crippen molar-refractivity contribution < 1.29 is 14.3 Å². The van der Waals surface area contributed by atoms with Gasteiger partial charge in [0, 0.05) is 62.8 Å². The Balaban J connectivity index is 1.37. The van der Waals surface area contributed by atoms with E-state index in [1.165, 1.54) is 6.07 Å². The Labute approximate surface area is 179 Å². The van der Waals surface area contributed by atoms with E-state index in [2.05, 4.69) is 19.9 Å². The highest BCUT2D eigenvalue weighted by atomic mass is 16.5. The molecule has 2 aliphatic heterocycles. The van der Waals surface area contributed by atoms with Gasteiger partial charge in [0.25, 0.3) is 5.56 Å². The number of carbonyl (C=O) groups excluding carboxylic acids is 2. The first-order valence-corrected chi connectivity index (χ1v) is 10.5. The van der Waals surface area contributed by atoms with Crippen molar-refractivity contribution in [3.63, 3.8) is 0 Å². The molecule has 0 atom stereocenters. The molecule has 0 unspecified atom stereocenters. The molecule has 2 aromatic heterocycles. The molecule has 2 amide bonds. The Hall–Kier alpha value is -3.27. The molecule has 4 rings (SSSR count). The third-order valence-electron chi connectivity index (χ3n) is 5.55. The van der Waals surface area contributed by atoms with Gasteiger partial charge in [-0.1, -0.05) is 6.92 Å². The third-order valence-corrected chi connectivity index (χ3v) is 5.55. The van der Waals surface area contributed by atoms with Crippen LogP contribution in [-0.2, 0) is 20.7 Å². The van der Waals surface area contributed by atoms with Gasteiger partial charge in [-0.25, -0.2) is 9.97 Å². The second kappa shape index (κ2) is 9.25. The van der Waals surface area contributed by atoms with Gasteiger partial charge in [-0.05, 0) is 18.6 Å². The summed E-state index contributed by atoms with van der Waals surface area (Å²) < 4.78 is 5.24. The molecule has 164 valence electrons. The summed E-state index contributed by atoms with van der Waals surface area (Å²) >= 11 is 0. The molecule has 10 heteroatoms. The maximum absolute atomic E-state index is 12.5. The van der Waals surface area contributed by atoms with Crippen LogP contribution in [0.5, 0.6) is 0 Å². The lowest BCUT2D eigenvalue weighted by atomic mass is 10.2. The highest BCUT2D eigenvalue weighted by molar-refractivity contribution is 6.34. The van der Waals surface area contributed by atoms with Gasteiger partial charge in [-0.3, -0.25) is 14.4 Å². The van der Waals surface area contributed by atoms with Gasteiger partial charge in [0.2, 0.25) is 0 Å². The van der Waals surface area contributed by atoms with Crippen LogP contribution >= 0.6 is 0 Å². The van der Waals surface area contributed by atoms with Crippen molar-refractivity contribution in [1.29, 1.82) is 0 Å². The molecule has 2 saturated heterocycles. The zero-order chi connectivity index (χ0) is 21.8. The van der Waals surface area contributed by atoms with Crippen LogP contribution in [0.4, 0.5) is 5.82 Å². The van der Waals surface area contributed by atoms with E-state index in [4.69, 9.17) is 4.74 Å². The molecule has 0 aromatic carbocycles. The molecule has 31 heavy (non-hydrogen) atoms. The number of H-pyrrole nitrogens is 1. The number of pyridine rings is 1. The Morgan fingerprint density at radius 2 is 1.71 bits per heavy atom. The smallest absolute Gasteiger partial charge is 0.312 e. The van der Waals surface area contributed by atoms with E-state index in [0.717, 1.165) is 17.1 Å². The standard InChI is InChI=1S/C21H26N6O4/c1-2-16-13-18(28)24-19(23-16)15-3-4-17(22-14-15)25-5-7-26(8-6-25)20(29)21(30)27-9-11-31-12-10-27/h3-4,13-14H,2,5-12H2,1H3,(H,23,24,28). The number of nitrogens with one attached hydrogen (secondary N) is 1. The number of hydrogen-bond donors (Lipinski definition) is 1. The van der Waals surface area contributed by atoms with E-state index >= 15 is 0 Å². The van der Waals surface area contributed by atoms with Crippen molar-refractivity contribution in [2.75, 3.05) is 57.4 Å². The average Bonchev–Trinajstić information content (AvgIpc) is 2.83. The minimum atomic E-state index is -0.449. The highest BCUT2D eigenvalue weighted by Crippen LogP contribution is 2.19. The zero-order valence-corrected chi connectivity index (χ0v) is 17.5. The van der Waals surface area contributed by atoms with Crippen LogP contribution in [0.1, 0.15) is 12.6 Å². The Kier molecular flexibility index (Phi) is 6.26. The molecule has 4 heterocycles. The van der Waals surface area contributed by atoms with Crippen LogP contribution in [-0.4, -0.2) is 89.0 Å². The topological polar surface area (TPSA) is 112 Å². The number of aromatic nitrogens is 3. The molecule has 0 saturated carbocycles. The molecule has 0 radical (unpaired) electrons. The maximum atomic E-state index is 12.5. The normalized spacial score (nSPS) is 17.0. The predicted octanol–water partition coefficient (Wildman–Crippen LogP) is -0.0983. The first kappa shape index (κ1) is 21.0. The largest absolute Gasteiger partial charge is 0.378 e. The summed E-state index contributed by atoms with van der Waals surface area (Å²) in [5.74, 6) is 0.385. The molecule has 10 nitrogen and oxygen atoms in total. The number of carbonyl (C=O) groups is 2. The van der Waals surface area contributed by atoms with E-state index in [9.17, 15) is 14.4 Å². The molecule has 0 spiro atoms. The zero-order valence-electron chi connectivity index (χ0n) is 17.5. The van der Waals surface area contributed by atoms with Gasteiger partial charge in [-0.15, -0.1) is 0 Å². The van der Waals surface area contributed by atoms with E-state index in [1.807, 2.05) is 19.1 Å². The van der Waals surface area contributed by atoms with Crippen molar-refractivity contribution in [2.45, 2.75) is 13.3 Å². The van der Waals surface area contributed by atoms with Gasteiger partial charge < -0.3 is 24.4 Å². The van der Waals surface area contributed by atoms with Crippen LogP contribution in [0.2, 0.25) is 0 Å². The number of ether oxygens (including phenoxy) is 1. The number of aromatic amines is 1.